The van der Waals surface area contributed by atoms with Crippen LogP contribution in [0.15, 0.2) is 60.7 Å². The number of benzene rings is 2. The second kappa shape index (κ2) is 8.95. The molecule has 0 saturated heterocycles. The molecule has 2 aliphatic carbocycles. The highest BCUT2D eigenvalue weighted by molar-refractivity contribution is 5.67. The number of ether oxygens (including phenoxy) is 1. The van der Waals surface area contributed by atoms with Crippen molar-refractivity contribution < 1.29 is 13.9 Å². The van der Waals surface area contributed by atoms with Crippen LogP contribution in [0.1, 0.15) is 49.1 Å². The quantitative estimate of drug-likeness (QED) is 0.713. The van der Waals surface area contributed by atoms with E-state index in [2.05, 4.69) is 34.9 Å². The van der Waals surface area contributed by atoms with E-state index in [9.17, 15) is 4.79 Å². The zero-order chi connectivity index (χ0) is 20.1. The summed E-state index contributed by atoms with van der Waals surface area (Å²) in [6.07, 6.45) is 2.87. The van der Waals surface area contributed by atoms with Gasteiger partial charge in [-0.2, -0.15) is 0 Å². The van der Waals surface area contributed by atoms with Crippen LogP contribution in [-0.2, 0) is 11.3 Å². The molecule has 2 atom stereocenters. The normalized spacial score (nSPS) is 28.5. The minimum absolute atomic E-state index is 0.0138. The van der Waals surface area contributed by atoms with Crippen LogP contribution in [-0.4, -0.2) is 30.4 Å². The Morgan fingerprint density at radius 3 is 2.38 bits per heavy atom. The number of hydrogen-bond acceptors (Lipinski definition) is 3. The van der Waals surface area contributed by atoms with E-state index in [0.717, 1.165) is 12.0 Å². The average molecular weight is 397 g/mol. The Labute approximate surface area is 171 Å². The average Bonchev–Trinajstić information content (AvgIpc) is 3.54. The number of amides is 1. The molecule has 0 aliphatic heterocycles. The van der Waals surface area contributed by atoms with Gasteiger partial charge in [-0.25, -0.2) is 9.18 Å². The molecule has 2 aromatic rings. The van der Waals surface area contributed by atoms with Gasteiger partial charge in [-0.15, -0.1) is 0 Å². The fourth-order valence-electron chi connectivity index (χ4n) is 4.19. The Balaban J connectivity index is 1.15. The lowest BCUT2D eigenvalue weighted by molar-refractivity contribution is 0.0843. The molecule has 29 heavy (non-hydrogen) atoms. The lowest BCUT2D eigenvalue weighted by Gasteiger charge is -2.34. The van der Waals surface area contributed by atoms with Crippen molar-refractivity contribution in [3.05, 3.63) is 71.8 Å². The number of hydrogen-bond donors (Lipinski definition) is 2. The highest BCUT2D eigenvalue weighted by Crippen LogP contribution is 2.41. The molecule has 2 unspecified atom stereocenters. The van der Waals surface area contributed by atoms with Crippen molar-refractivity contribution in [1.29, 1.82) is 0 Å². The first-order valence-corrected chi connectivity index (χ1v) is 10.6. The number of carbonyl (C=O) groups is 1. The molecular weight excluding hydrogens is 367 g/mol. The van der Waals surface area contributed by atoms with Gasteiger partial charge in [0.15, 0.2) is 0 Å². The number of rotatable bonds is 7. The van der Waals surface area contributed by atoms with Crippen molar-refractivity contribution in [1.82, 2.24) is 10.6 Å². The number of nitrogens with one attached hydrogen (secondary N) is 2. The van der Waals surface area contributed by atoms with Crippen molar-refractivity contribution in [2.75, 3.05) is 6.54 Å². The third-order valence-electron chi connectivity index (χ3n) is 6.12. The first-order valence-electron chi connectivity index (χ1n) is 10.6. The molecule has 0 bridgehead atoms. The van der Waals surface area contributed by atoms with Crippen LogP contribution in [0.25, 0.3) is 0 Å². The molecule has 154 valence electrons. The maximum absolute atomic E-state index is 15.2. The van der Waals surface area contributed by atoms with Gasteiger partial charge in [0.2, 0.25) is 0 Å². The monoisotopic (exact) mass is 396 g/mol. The summed E-state index contributed by atoms with van der Waals surface area (Å²) in [6.45, 7) is 0.645. The number of halogens is 1. The summed E-state index contributed by atoms with van der Waals surface area (Å²) in [5.41, 5.74) is 1.10. The second-order valence-corrected chi connectivity index (χ2v) is 8.37. The Morgan fingerprint density at radius 2 is 1.69 bits per heavy atom. The standard InChI is InChI=1S/C24H29FN2O2/c25-24(17-26-22-15-21(22)19-9-5-2-6-10-19)13-11-20(12-14-24)27-23(28)29-16-18-7-3-1-4-8-18/h1-10,20-22,26H,11-17H2,(H,27,28). The van der Waals surface area contributed by atoms with Gasteiger partial charge < -0.3 is 15.4 Å². The maximum atomic E-state index is 15.2. The summed E-state index contributed by atoms with van der Waals surface area (Å²) in [7, 11) is 0. The van der Waals surface area contributed by atoms with E-state index < -0.39 is 11.8 Å². The van der Waals surface area contributed by atoms with E-state index in [1.807, 2.05) is 36.4 Å². The van der Waals surface area contributed by atoms with Crippen LogP contribution in [0.3, 0.4) is 0 Å². The van der Waals surface area contributed by atoms with Crippen molar-refractivity contribution in [2.45, 2.75) is 62.4 Å². The molecule has 2 aliphatic rings. The molecule has 4 nitrogen and oxygen atoms in total. The Bertz CT molecular complexity index is 791. The van der Waals surface area contributed by atoms with Crippen molar-refractivity contribution in [2.24, 2.45) is 0 Å². The molecule has 0 heterocycles. The second-order valence-electron chi connectivity index (χ2n) is 8.37. The lowest BCUT2D eigenvalue weighted by Crippen LogP contribution is -2.46. The molecule has 2 fully saturated rings. The van der Waals surface area contributed by atoms with Crippen LogP contribution < -0.4 is 10.6 Å². The smallest absolute Gasteiger partial charge is 0.407 e. The molecule has 2 N–H and O–H groups in total. The highest BCUT2D eigenvalue weighted by atomic mass is 19.1. The Hall–Kier alpha value is -2.40. The minimum Gasteiger partial charge on any atom is -0.445 e. The summed E-state index contributed by atoms with van der Waals surface area (Å²) in [4.78, 5) is 12.0. The van der Waals surface area contributed by atoms with E-state index in [-0.39, 0.29) is 12.6 Å². The summed E-state index contributed by atoms with van der Waals surface area (Å²) in [5.74, 6) is 0.511. The third kappa shape index (κ3) is 5.57. The van der Waals surface area contributed by atoms with Gasteiger partial charge in [0, 0.05) is 24.5 Å². The summed E-state index contributed by atoms with van der Waals surface area (Å²) >= 11 is 0. The topological polar surface area (TPSA) is 50.4 Å². The Morgan fingerprint density at radius 1 is 1.03 bits per heavy atom. The SMILES string of the molecule is O=C(NC1CCC(F)(CNC2CC2c2ccccc2)CC1)OCc1ccccc1. The molecule has 4 rings (SSSR count). The lowest BCUT2D eigenvalue weighted by atomic mass is 9.83. The molecular formula is C24H29FN2O2. The minimum atomic E-state index is -1.18. The van der Waals surface area contributed by atoms with E-state index in [1.165, 1.54) is 5.56 Å². The van der Waals surface area contributed by atoms with Crippen LogP contribution >= 0.6 is 0 Å². The van der Waals surface area contributed by atoms with Crippen LogP contribution in [0, 0.1) is 0 Å². The van der Waals surface area contributed by atoms with Gasteiger partial charge in [-0.05, 0) is 43.2 Å². The van der Waals surface area contributed by atoms with Crippen molar-refractivity contribution in [3.8, 4) is 0 Å². The Kier molecular flexibility index (Phi) is 6.14. The van der Waals surface area contributed by atoms with Gasteiger partial charge in [-0.1, -0.05) is 60.7 Å². The molecule has 2 saturated carbocycles. The van der Waals surface area contributed by atoms with Crippen LogP contribution in [0.5, 0.6) is 0 Å². The molecule has 0 spiro atoms. The predicted molar refractivity (Wildman–Crippen MR) is 111 cm³/mol. The molecule has 1 amide bonds. The highest BCUT2D eigenvalue weighted by Gasteiger charge is 2.41. The summed E-state index contributed by atoms with van der Waals surface area (Å²) in [5, 5.41) is 6.31. The fraction of sp³-hybridized carbons (Fsp3) is 0.458. The van der Waals surface area contributed by atoms with Gasteiger partial charge in [0.05, 0.1) is 0 Å². The van der Waals surface area contributed by atoms with Gasteiger partial charge in [0.1, 0.15) is 12.3 Å². The molecule has 0 radical (unpaired) electrons. The zero-order valence-electron chi connectivity index (χ0n) is 16.6. The number of alkyl carbamates (subject to hydrolysis) is 1. The van der Waals surface area contributed by atoms with Crippen molar-refractivity contribution >= 4 is 6.09 Å². The molecule has 5 heteroatoms. The van der Waals surface area contributed by atoms with Crippen LogP contribution in [0.2, 0.25) is 0 Å². The van der Waals surface area contributed by atoms with E-state index in [0.29, 0.717) is 44.2 Å². The third-order valence-corrected chi connectivity index (χ3v) is 6.12. The largest absolute Gasteiger partial charge is 0.445 e. The summed E-state index contributed by atoms with van der Waals surface area (Å²) in [6, 6.07) is 20.4. The van der Waals surface area contributed by atoms with Gasteiger partial charge in [-0.3, -0.25) is 0 Å². The molecule has 0 aromatic heterocycles. The van der Waals surface area contributed by atoms with E-state index in [4.69, 9.17) is 4.74 Å². The predicted octanol–water partition coefficient (Wildman–Crippen LogP) is 4.71. The first kappa shape index (κ1) is 19.9. The van der Waals surface area contributed by atoms with Gasteiger partial charge >= 0.3 is 6.09 Å². The van der Waals surface area contributed by atoms with E-state index in [1.54, 1.807) is 0 Å². The number of carbonyl (C=O) groups excluding carboxylic acids is 1. The first-order chi connectivity index (χ1) is 14.1. The summed E-state index contributed by atoms with van der Waals surface area (Å²) < 4.78 is 20.4. The van der Waals surface area contributed by atoms with E-state index >= 15 is 4.39 Å². The number of alkyl halides is 1. The van der Waals surface area contributed by atoms with Crippen LogP contribution in [0.4, 0.5) is 9.18 Å². The van der Waals surface area contributed by atoms with Crippen molar-refractivity contribution in [3.63, 3.8) is 0 Å². The maximum Gasteiger partial charge on any atom is 0.407 e. The fourth-order valence-corrected chi connectivity index (χ4v) is 4.19. The van der Waals surface area contributed by atoms with Gasteiger partial charge in [0.25, 0.3) is 0 Å². The molecule has 2 aromatic carbocycles. The zero-order valence-corrected chi connectivity index (χ0v) is 16.6.